The molecule has 1 heterocycles. The van der Waals surface area contributed by atoms with Crippen molar-refractivity contribution in [2.75, 3.05) is 30.3 Å². The van der Waals surface area contributed by atoms with Crippen LogP contribution in [0.4, 0.5) is 21.0 Å². The van der Waals surface area contributed by atoms with Gasteiger partial charge in [0.1, 0.15) is 0 Å². The number of piperidine rings is 1. The maximum Gasteiger partial charge on any atom is 0.321 e. The van der Waals surface area contributed by atoms with Crippen molar-refractivity contribution in [2.45, 2.75) is 64.8 Å². The number of rotatable bonds is 6. The lowest BCUT2D eigenvalue weighted by Crippen LogP contribution is -2.47. The predicted molar refractivity (Wildman–Crippen MR) is 127 cm³/mol. The number of carbonyl (C=O) groups excluding carboxylic acids is 3. The van der Waals surface area contributed by atoms with Crippen LogP contribution in [0.1, 0.15) is 58.8 Å². The van der Waals surface area contributed by atoms with E-state index in [9.17, 15) is 14.4 Å². The van der Waals surface area contributed by atoms with Crippen LogP contribution in [0, 0.1) is 11.8 Å². The second kappa shape index (κ2) is 11.7. The second-order valence-corrected chi connectivity index (χ2v) is 9.30. The molecule has 1 saturated carbocycles. The maximum absolute atomic E-state index is 12.7. The van der Waals surface area contributed by atoms with Gasteiger partial charge in [-0.25, -0.2) is 9.59 Å². The molecule has 0 spiro atoms. The number of nitrogens with one attached hydrogen (secondary N) is 4. The first-order valence-corrected chi connectivity index (χ1v) is 11.9. The van der Waals surface area contributed by atoms with Gasteiger partial charge in [0.05, 0.1) is 5.92 Å². The summed E-state index contributed by atoms with van der Waals surface area (Å²) in [6.07, 6.45) is 7.89. The highest BCUT2D eigenvalue weighted by Crippen LogP contribution is 2.23. The van der Waals surface area contributed by atoms with Gasteiger partial charge >= 0.3 is 12.1 Å². The summed E-state index contributed by atoms with van der Waals surface area (Å²) in [5.41, 5.74) is 1.29. The molecule has 1 atom stereocenters. The van der Waals surface area contributed by atoms with E-state index in [1.54, 1.807) is 29.2 Å². The van der Waals surface area contributed by atoms with E-state index in [1.165, 1.54) is 32.1 Å². The minimum Gasteiger partial charge on any atom is -0.356 e. The van der Waals surface area contributed by atoms with Crippen LogP contribution in [-0.2, 0) is 4.79 Å². The Kier molecular flexibility index (Phi) is 8.76. The van der Waals surface area contributed by atoms with Crippen LogP contribution in [0.25, 0.3) is 0 Å². The minimum atomic E-state index is -0.266. The van der Waals surface area contributed by atoms with Gasteiger partial charge in [-0.05, 0) is 69.7 Å². The quantitative estimate of drug-likeness (QED) is 0.531. The molecule has 176 valence electrons. The van der Waals surface area contributed by atoms with Gasteiger partial charge in [-0.2, -0.15) is 0 Å². The van der Waals surface area contributed by atoms with Gasteiger partial charge in [0.15, 0.2) is 0 Å². The number of hydrogen-bond donors (Lipinski definition) is 4. The van der Waals surface area contributed by atoms with Crippen molar-refractivity contribution in [1.82, 2.24) is 15.5 Å². The summed E-state index contributed by atoms with van der Waals surface area (Å²) in [6, 6.07) is 6.57. The second-order valence-electron chi connectivity index (χ2n) is 9.30. The SMILES string of the molecule is CC(C)NC(=O)Nc1ccc(NC(=O)N2CCC[C@@H](C(=O)NCC3CCCCC3)C2)cc1. The summed E-state index contributed by atoms with van der Waals surface area (Å²) >= 11 is 0. The minimum absolute atomic E-state index is 0.0521. The average Bonchev–Trinajstić information content (AvgIpc) is 2.79. The van der Waals surface area contributed by atoms with E-state index in [4.69, 9.17) is 0 Å². The Morgan fingerprint density at radius 2 is 1.59 bits per heavy atom. The Labute approximate surface area is 190 Å². The number of likely N-dealkylation sites (tertiary alicyclic amines) is 1. The van der Waals surface area contributed by atoms with Crippen molar-refractivity contribution in [1.29, 1.82) is 0 Å². The number of carbonyl (C=O) groups is 3. The Bertz CT molecular complexity index is 774. The van der Waals surface area contributed by atoms with Crippen molar-refractivity contribution in [3.05, 3.63) is 24.3 Å². The van der Waals surface area contributed by atoms with Gasteiger partial charge in [0.2, 0.25) is 5.91 Å². The molecule has 2 aliphatic rings. The lowest BCUT2D eigenvalue weighted by molar-refractivity contribution is -0.126. The number of anilines is 2. The van der Waals surface area contributed by atoms with Crippen molar-refractivity contribution in [3.63, 3.8) is 0 Å². The first-order chi connectivity index (χ1) is 15.4. The van der Waals surface area contributed by atoms with Crippen molar-refractivity contribution >= 4 is 29.3 Å². The number of nitrogens with zero attached hydrogens (tertiary/aromatic N) is 1. The summed E-state index contributed by atoms with van der Waals surface area (Å²) in [5, 5.41) is 11.5. The zero-order valence-electron chi connectivity index (χ0n) is 19.3. The fraction of sp³-hybridized carbons (Fsp3) is 0.625. The maximum atomic E-state index is 12.7. The first kappa shape index (κ1) is 23.9. The molecule has 0 unspecified atom stereocenters. The zero-order valence-corrected chi connectivity index (χ0v) is 19.3. The first-order valence-electron chi connectivity index (χ1n) is 11.9. The molecular formula is C24H37N5O3. The fourth-order valence-electron chi connectivity index (χ4n) is 4.42. The number of benzene rings is 1. The van der Waals surface area contributed by atoms with Gasteiger partial charge in [-0.1, -0.05) is 19.3 Å². The predicted octanol–water partition coefficient (Wildman–Crippen LogP) is 4.16. The third-order valence-electron chi connectivity index (χ3n) is 6.18. The molecule has 1 saturated heterocycles. The highest BCUT2D eigenvalue weighted by atomic mass is 16.2. The molecule has 2 fully saturated rings. The standard InChI is InChI=1S/C24H37N5O3/c1-17(2)26-23(31)27-20-10-12-21(13-11-20)28-24(32)29-14-6-9-19(16-29)22(30)25-15-18-7-4-3-5-8-18/h10-13,17-19H,3-9,14-16H2,1-2H3,(H,25,30)(H,28,32)(H2,26,27,31)/t19-/m1/s1. The van der Waals surface area contributed by atoms with E-state index in [1.807, 2.05) is 13.8 Å². The molecule has 5 amide bonds. The van der Waals surface area contributed by atoms with E-state index >= 15 is 0 Å². The molecule has 1 aliphatic carbocycles. The van der Waals surface area contributed by atoms with Crippen LogP contribution in [0.5, 0.6) is 0 Å². The van der Waals surface area contributed by atoms with Crippen LogP contribution in [0.3, 0.4) is 0 Å². The number of amides is 5. The monoisotopic (exact) mass is 443 g/mol. The third-order valence-corrected chi connectivity index (χ3v) is 6.18. The summed E-state index contributed by atoms with van der Waals surface area (Å²) in [7, 11) is 0. The van der Waals surface area contributed by atoms with E-state index in [0.717, 1.165) is 19.4 Å². The molecule has 1 aromatic rings. The lowest BCUT2D eigenvalue weighted by Gasteiger charge is -2.32. The van der Waals surface area contributed by atoms with Gasteiger partial charge in [-0.3, -0.25) is 4.79 Å². The molecule has 0 bridgehead atoms. The van der Waals surface area contributed by atoms with Crippen LogP contribution in [-0.4, -0.2) is 48.5 Å². The third kappa shape index (κ3) is 7.43. The summed E-state index contributed by atoms with van der Waals surface area (Å²) in [6.45, 7) is 5.63. The molecule has 1 aliphatic heterocycles. The Balaban J connectivity index is 1.45. The fourth-order valence-corrected chi connectivity index (χ4v) is 4.42. The molecule has 3 rings (SSSR count). The van der Waals surface area contributed by atoms with Gasteiger partial charge in [-0.15, -0.1) is 0 Å². The Morgan fingerprint density at radius 1 is 0.938 bits per heavy atom. The lowest BCUT2D eigenvalue weighted by atomic mass is 9.89. The molecular weight excluding hydrogens is 406 g/mol. The highest BCUT2D eigenvalue weighted by Gasteiger charge is 2.29. The summed E-state index contributed by atoms with van der Waals surface area (Å²) < 4.78 is 0. The number of urea groups is 2. The zero-order chi connectivity index (χ0) is 22.9. The summed E-state index contributed by atoms with van der Waals surface area (Å²) in [5.74, 6) is 0.525. The largest absolute Gasteiger partial charge is 0.356 e. The molecule has 8 nitrogen and oxygen atoms in total. The van der Waals surface area contributed by atoms with E-state index in [2.05, 4.69) is 21.3 Å². The molecule has 8 heteroatoms. The van der Waals surface area contributed by atoms with E-state index in [-0.39, 0.29) is 29.9 Å². The van der Waals surface area contributed by atoms with Crippen molar-refractivity contribution in [2.24, 2.45) is 11.8 Å². The van der Waals surface area contributed by atoms with E-state index in [0.29, 0.717) is 30.4 Å². The van der Waals surface area contributed by atoms with Gasteiger partial charge in [0, 0.05) is 37.1 Å². The van der Waals surface area contributed by atoms with Crippen LogP contribution in [0.2, 0.25) is 0 Å². The van der Waals surface area contributed by atoms with Crippen LogP contribution < -0.4 is 21.3 Å². The number of hydrogen-bond acceptors (Lipinski definition) is 3. The van der Waals surface area contributed by atoms with E-state index < -0.39 is 0 Å². The van der Waals surface area contributed by atoms with Crippen LogP contribution >= 0.6 is 0 Å². The summed E-state index contributed by atoms with van der Waals surface area (Å²) in [4.78, 5) is 38.9. The molecule has 1 aromatic carbocycles. The molecule has 0 aromatic heterocycles. The van der Waals surface area contributed by atoms with Crippen molar-refractivity contribution in [3.8, 4) is 0 Å². The topological polar surface area (TPSA) is 103 Å². The normalized spacial score (nSPS) is 19.3. The smallest absolute Gasteiger partial charge is 0.321 e. The molecule has 32 heavy (non-hydrogen) atoms. The highest BCUT2D eigenvalue weighted by molar-refractivity contribution is 5.92. The molecule has 4 N–H and O–H groups in total. The van der Waals surface area contributed by atoms with Gasteiger partial charge < -0.3 is 26.2 Å². The average molecular weight is 444 g/mol. The Hall–Kier alpha value is -2.77. The molecule has 0 radical (unpaired) electrons. The van der Waals surface area contributed by atoms with Crippen molar-refractivity contribution < 1.29 is 14.4 Å². The van der Waals surface area contributed by atoms with Gasteiger partial charge in [0.25, 0.3) is 0 Å². The van der Waals surface area contributed by atoms with Crippen LogP contribution in [0.15, 0.2) is 24.3 Å². The Morgan fingerprint density at radius 3 is 2.25 bits per heavy atom.